The SMILES string of the molecule is COC(=O)c1ccc(CBr)c(F)c1.COC(=O)c1ccc(CN(C(=O)N2CCS(=O)(=O)CC2)c2ccc(CN3[C@H](C)CN(C(=O)OC(C)(C)C)C[C@@H]3C)cc2)c(F)c1.C[C@@H]1CN(C(=O)OC(C)(C)C)C[C@H](C)N1Cc1ccc(NC(=O)N2CCS(=O)(=O)CC2)cc1. The zero-order valence-corrected chi connectivity index (χ0v) is 57.2. The lowest BCUT2D eigenvalue weighted by molar-refractivity contribution is -0.0102. The van der Waals surface area contributed by atoms with Gasteiger partial charge in [0.05, 0.1) is 54.9 Å². The van der Waals surface area contributed by atoms with Crippen LogP contribution in [0.1, 0.15) is 112 Å². The Kier molecular flexibility index (Phi) is 25.4. The van der Waals surface area contributed by atoms with Crippen LogP contribution >= 0.6 is 15.9 Å². The molecule has 0 aliphatic carbocycles. The van der Waals surface area contributed by atoms with E-state index in [0.29, 0.717) is 55.0 Å². The Morgan fingerprint density at radius 2 is 0.923 bits per heavy atom. The first kappa shape index (κ1) is 73.1. The topological polar surface area (TPSA) is 242 Å². The standard InChI is InChI=1S/C32H43FN4O7S.C23H36N4O5S.C9H8BrFO2/c1-22-18-35(31(40)44-32(3,4)5)19-23(2)36(22)20-24-7-11-27(12-8-24)37(30(39)34-13-15-45(41,42)16-14-34)21-26-10-9-25(17-28(26)33)29(38)43-6;1-17-14-26(22(29)32-23(3,4)5)15-18(2)27(17)16-19-6-8-20(9-7-19)24-21(28)25-10-12-33(30,31)13-11-25;1-13-9(12)6-2-3-7(5-10)8(11)4-6/h7-12,17,22-23H,13-16,18-21H2,1-6H3;6-9,17-18H,10-16H2,1-5H3,(H,24,28);2-4H,5H2,1H3/t22-,23+;17-,18+;. The first-order valence-corrected chi connectivity index (χ1v) is 34.8. The summed E-state index contributed by atoms with van der Waals surface area (Å²) in [5.74, 6) is -2.51. The smallest absolute Gasteiger partial charge is 0.410 e. The highest BCUT2D eigenvalue weighted by atomic mass is 79.9. The highest BCUT2D eigenvalue weighted by Crippen LogP contribution is 2.28. The first-order valence-electron chi connectivity index (χ1n) is 30.1. The molecule has 4 saturated heterocycles. The molecule has 0 bridgehead atoms. The average Bonchev–Trinajstić information content (AvgIpc) is 1.30. The van der Waals surface area contributed by atoms with Crippen LogP contribution in [0.25, 0.3) is 0 Å². The quantitative estimate of drug-likeness (QED) is 0.0835. The van der Waals surface area contributed by atoms with E-state index in [-0.39, 0.29) is 115 Å². The van der Waals surface area contributed by atoms with Crippen molar-refractivity contribution in [3.8, 4) is 0 Å². The van der Waals surface area contributed by atoms with Gasteiger partial charge in [-0.2, -0.15) is 0 Å². The Bertz CT molecular complexity index is 3390. The van der Waals surface area contributed by atoms with Gasteiger partial charge in [-0.05, 0) is 134 Å². The summed E-state index contributed by atoms with van der Waals surface area (Å²) in [7, 11) is -3.76. The van der Waals surface area contributed by atoms with Crippen LogP contribution in [-0.4, -0.2) is 207 Å². The van der Waals surface area contributed by atoms with Crippen LogP contribution in [0.15, 0.2) is 84.9 Å². The third kappa shape index (κ3) is 21.6. The number of nitrogens with zero attached hydrogens (tertiary/aromatic N) is 7. The van der Waals surface area contributed by atoms with Gasteiger partial charge in [-0.1, -0.05) is 52.3 Å². The summed E-state index contributed by atoms with van der Waals surface area (Å²) >= 11 is 3.13. The lowest BCUT2D eigenvalue weighted by atomic mass is 10.1. The summed E-state index contributed by atoms with van der Waals surface area (Å²) in [5, 5.41) is 3.28. The Balaban J connectivity index is 0.000000249. The maximum Gasteiger partial charge on any atom is 0.410 e. The molecule has 4 heterocycles. The number of hydrogen-bond donors (Lipinski definition) is 1. The molecule has 91 heavy (non-hydrogen) atoms. The number of alkyl halides is 1. The largest absolute Gasteiger partial charge is 0.465 e. The number of nitrogens with one attached hydrogen (secondary N) is 1. The molecule has 0 saturated carbocycles. The van der Waals surface area contributed by atoms with E-state index >= 15 is 4.39 Å². The molecular weight excluding hydrogens is 1290 g/mol. The normalized spacial score (nSPS) is 20.1. The van der Waals surface area contributed by atoms with E-state index in [0.717, 1.165) is 23.7 Å². The van der Waals surface area contributed by atoms with Gasteiger partial charge in [0, 0.05) is 112 Å². The Hall–Kier alpha value is -6.94. The number of sulfone groups is 2. The summed E-state index contributed by atoms with van der Waals surface area (Å²) in [4.78, 5) is 86.7. The minimum absolute atomic E-state index is 0.0108. The Morgan fingerprint density at radius 1 is 0.549 bits per heavy atom. The number of carbonyl (C=O) groups is 6. The van der Waals surface area contributed by atoms with E-state index in [1.54, 1.807) is 28.0 Å². The fourth-order valence-corrected chi connectivity index (χ4v) is 13.5. The van der Waals surface area contributed by atoms with Crippen LogP contribution in [0, 0.1) is 11.6 Å². The van der Waals surface area contributed by atoms with Gasteiger partial charge in [0.15, 0.2) is 19.7 Å². The summed E-state index contributed by atoms with van der Waals surface area (Å²) in [6.45, 7) is 23.6. The van der Waals surface area contributed by atoms with Crippen molar-refractivity contribution in [3.63, 3.8) is 0 Å². The minimum Gasteiger partial charge on any atom is -0.465 e. The van der Waals surface area contributed by atoms with Crippen LogP contribution in [0.5, 0.6) is 0 Å². The van der Waals surface area contributed by atoms with Gasteiger partial charge in [0.2, 0.25) is 0 Å². The number of hydrogen-bond acceptors (Lipinski definition) is 16. The van der Waals surface area contributed by atoms with E-state index < -0.39 is 60.5 Å². The second kappa shape index (κ2) is 31.6. The second-order valence-corrected chi connectivity index (χ2v) is 30.3. The number of urea groups is 2. The van der Waals surface area contributed by atoms with Crippen molar-refractivity contribution in [3.05, 3.63) is 130 Å². The maximum atomic E-state index is 15.1. The van der Waals surface area contributed by atoms with Crippen molar-refractivity contribution in [1.29, 1.82) is 0 Å². The lowest BCUT2D eigenvalue weighted by Gasteiger charge is -2.44. The molecule has 0 radical (unpaired) electrons. The van der Waals surface area contributed by atoms with E-state index in [1.165, 1.54) is 53.2 Å². The first-order chi connectivity index (χ1) is 42.6. The summed E-state index contributed by atoms with van der Waals surface area (Å²) in [6, 6.07) is 23.1. The van der Waals surface area contributed by atoms with Crippen LogP contribution < -0.4 is 10.2 Å². The Labute approximate surface area is 542 Å². The number of piperazine rings is 2. The van der Waals surface area contributed by atoms with Gasteiger partial charge in [-0.25, -0.2) is 54.4 Å². The molecule has 500 valence electrons. The molecule has 0 unspecified atom stereocenters. The summed E-state index contributed by atoms with van der Waals surface area (Å²) in [5.41, 5.74) is 3.21. The predicted molar refractivity (Wildman–Crippen MR) is 347 cm³/mol. The molecule has 4 atom stereocenters. The predicted octanol–water partition coefficient (Wildman–Crippen LogP) is 9.58. The van der Waals surface area contributed by atoms with Gasteiger partial charge in [0.25, 0.3) is 0 Å². The zero-order chi connectivity index (χ0) is 67.3. The van der Waals surface area contributed by atoms with Crippen molar-refractivity contribution >= 4 is 83.2 Å². The number of ether oxygens (including phenoxy) is 4. The molecule has 22 nitrogen and oxygen atoms in total. The fraction of sp³-hybridized carbons (Fsp3) is 0.531. The number of methoxy groups -OCH3 is 2. The molecule has 27 heteroatoms. The number of carbonyl (C=O) groups excluding carboxylic acids is 6. The highest BCUT2D eigenvalue weighted by molar-refractivity contribution is 9.08. The Morgan fingerprint density at radius 3 is 1.29 bits per heavy atom. The van der Waals surface area contributed by atoms with Crippen molar-refractivity contribution in [2.24, 2.45) is 0 Å². The minimum atomic E-state index is -3.22. The van der Waals surface area contributed by atoms with Gasteiger partial charge in [-0.3, -0.25) is 14.7 Å². The van der Waals surface area contributed by atoms with Crippen molar-refractivity contribution in [2.45, 2.75) is 130 Å². The van der Waals surface area contributed by atoms with Gasteiger partial charge < -0.3 is 43.9 Å². The van der Waals surface area contributed by atoms with E-state index in [2.05, 4.69) is 68.2 Å². The molecule has 4 aromatic carbocycles. The molecule has 6 amide bonds. The summed E-state index contributed by atoms with van der Waals surface area (Å²) in [6.07, 6.45) is -0.593. The highest BCUT2D eigenvalue weighted by Gasteiger charge is 2.37. The lowest BCUT2D eigenvalue weighted by Crippen LogP contribution is -2.58. The average molecular weight is 1370 g/mol. The number of anilines is 2. The number of rotatable bonds is 11. The third-order valence-corrected chi connectivity index (χ3v) is 19.4. The van der Waals surface area contributed by atoms with Crippen LogP contribution in [0.3, 0.4) is 0 Å². The molecule has 4 aromatic rings. The zero-order valence-electron chi connectivity index (χ0n) is 54.0. The van der Waals surface area contributed by atoms with Crippen LogP contribution in [0.2, 0.25) is 0 Å². The molecule has 4 aliphatic rings. The maximum absolute atomic E-state index is 15.1. The van der Waals surface area contributed by atoms with E-state index in [9.17, 15) is 50.0 Å². The van der Waals surface area contributed by atoms with Gasteiger partial charge >= 0.3 is 36.2 Å². The van der Waals surface area contributed by atoms with Gasteiger partial charge in [0.1, 0.15) is 22.8 Å². The van der Waals surface area contributed by atoms with Crippen LogP contribution in [-0.2, 0) is 63.6 Å². The van der Waals surface area contributed by atoms with E-state index in [4.69, 9.17) is 9.47 Å². The fourth-order valence-electron chi connectivity index (χ4n) is 10.6. The van der Waals surface area contributed by atoms with E-state index in [1.807, 2.05) is 77.9 Å². The van der Waals surface area contributed by atoms with Crippen molar-refractivity contribution in [2.75, 3.05) is 99.8 Å². The molecule has 0 aromatic heterocycles. The third-order valence-electron chi connectivity index (χ3n) is 15.6. The number of amides is 6. The van der Waals surface area contributed by atoms with Crippen molar-refractivity contribution in [1.82, 2.24) is 29.4 Å². The molecule has 8 rings (SSSR count). The molecular formula is C64H87BrF2N8O14S2. The van der Waals surface area contributed by atoms with Crippen LogP contribution in [0.4, 0.5) is 39.3 Å². The molecule has 1 N–H and O–H groups in total. The number of halogens is 3. The molecule has 0 spiro atoms. The molecule has 4 aliphatic heterocycles. The number of esters is 2. The van der Waals surface area contributed by atoms with Gasteiger partial charge in [-0.15, -0.1) is 0 Å². The second-order valence-electron chi connectivity index (χ2n) is 25.2. The van der Waals surface area contributed by atoms with Crippen molar-refractivity contribution < 1.29 is 73.3 Å². The monoisotopic (exact) mass is 1370 g/mol. The number of benzene rings is 4. The molecule has 4 fully saturated rings. The summed E-state index contributed by atoms with van der Waals surface area (Å²) < 4.78 is 95.5.